The Labute approximate surface area is 181 Å². The maximum atomic E-state index is 9.81. The smallest absolute Gasteiger partial charge is 0.135 e. The number of hydrogen-bond donors (Lipinski definition) is 3. The number of nitriles is 2. The van der Waals surface area contributed by atoms with Gasteiger partial charge in [0.15, 0.2) is 0 Å². The predicted octanol–water partition coefficient (Wildman–Crippen LogP) is 5.32. The second-order valence-corrected chi connectivity index (χ2v) is 7.07. The van der Waals surface area contributed by atoms with Gasteiger partial charge in [0.25, 0.3) is 0 Å². The molecule has 0 aliphatic heterocycles. The number of aliphatic hydroxyl groups is 1. The number of nitrogens with zero attached hydrogens (tertiary/aromatic N) is 2. The molecule has 31 heavy (non-hydrogen) atoms. The highest BCUT2D eigenvalue weighted by molar-refractivity contribution is 5.76. The fourth-order valence-electron chi connectivity index (χ4n) is 3.24. The highest BCUT2D eigenvalue weighted by atomic mass is 16.5. The third-order valence-corrected chi connectivity index (χ3v) is 4.74. The molecule has 0 atom stereocenters. The van der Waals surface area contributed by atoms with Gasteiger partial charge in [-0.1, -0.05) is 0 Å². The van der Waals surface area contributed by atoms with Gasteiger partial charge in [0.05, 0.1) is 35.7 Å². The van der Waals surface area contributed by atoms with Crippen LogP contribution in [0.3, 0.4) is 0 Å². The molecule has 3 aromatic carbocycles. The summed E-state index contributed by atoms with van der Waals surface area (Å²) < 4.78 is 6.20. The Bertz CT molecular complexity index is 1190. The predicted molar refractivity (Wildman–Crippen MR) is 122 cm³/mol. The monoisotopic (exact) mass is 410 g/mol. The van der Waals surface area contributed by atoms with E-state index in [-0.39, 0.29) is 6.61 Å². The van der Waals surface area contributed by atoms with Crippen LogP contribution in [0.4, 0.5) is 17.1 Å². The Morgan fingerprint density at radius 3 is 2.32 bits per heavy atom. The number of hydrogen-bond acceptors (Lipinski definition) is 6. The van der Waals surface area contributed by atoms with E-state index < -0.39 is 0 Å². The second kappa shape index (κ2) is 9.49. The number of allylic oxidation sites excluding steroid dienone is 1. The average molecular weight is 410 g/mol. The Kier molecular flexibility index (Phi) is 6.57. The van der Waals surface area contributed by atoms with Gasteiger partial charge in [0.2, 0.25) is 0 Å². The Hall–Kier alpha value is -4.26. The number of nitrogens with one attached hydrogen (secondary N) is 1. The second-order valence-electron chi connectivity index (χ2n) is 7.07. The molecule has 0 saturated carbocycles. The van der Waals surface area contributed by atoms with Crippen molar-refractivity contribution in [3.8, 4) is 23.6 Å². The van der Waals surface area contributed by atoms with Crippen molar-refractivity contribution in [2.45, 2.75) is 20.5 Å². The van der Waals surface area contributed by atoms with E-state index in [2.05, 4.69) is 11.4 Å². The van der Waals surface area contributed by atoms with Crippen molar-refractivity contribution in [1.29, 1.82) is 10.5 Å². The molecule has 0 saturated heterocycles. The van der Waals surface area contributed by atoms with Crippen LogP contribution in [0.2, 0.25) is 0 Å². The molecule has 6 nitrogen and oxygen atoms in total. The van der Waals surface area contributed by atoms with Crippen molar-refractivity contribution in [3.63, 3.8) is 0 Å². The zero-order chi connectivity index (χ0) is 22.4. The van der Waals surface area contributed by atoms with Gasteiger partial charge in [-0.2, -0.15) is 10.5 Å². The molecule has 0 heterocycles. The van der Waals surface area contributed by atoms with Gasteiger partial charge < -0.3 is 20.9 Å². The summed E-state index contributed by atoms with van der Waals surface area (Å²) in [6.45, 7) is 3.63. The lowest BCUT2D eigenvalue weighted by Crippen LogP contribution is -2.02. The van der Waals surface area contributed by atoms with Crippen LogP contribution in [0, 0.1) is 36.5 Å². The van der Waals surface area contributed by atoms with Crippen molar-refractivity contribution < 1.29 is 9.84 Å². The maximum Gasteiger partial charge on any atom is 0.135 e. The van der Waals surface area contributed by atoms with Gasteiger partial charge in [-0.3, -0.25) is 0 Å². The van der Waals surface area contributed by atoms with Crippen molar-refractivity contribution in [3.05, 3.63) is 82.4 Å². The van der Waals surface area contributed by atoms with Crippen LogP contribution in [-0.2, 0) is 6.61 Å². The van der Waals surface area contributed by atoms with Gasteiger partial charge in [-0.25, -0.2) is 0 Å². The third kappa shape index (κ3) is 5.02. The first-order valence-electron chi connectivity index (χ1n) is 9.61. The average Bonchev–Trinajstić information content (AvgIpc) is 2.77. The van der Waals surface area contributed by atoms with Crippen LogP contribution in [0.1, 0.15) is 27.8 Å². The van der Waals surface area contributed by atoms with Crippen LogP contribution in [0.15, 0.2) is 54.6 Å². The fourth-order valence-corrected chi connectivity index (χ4v) is 3.24. The van der Waals surface area contributed by atoms with Crippen LogP contribution >= 0.6 is 0 Å². The lowest BCUT2D eigenvalue weighted by Gasteiger charge is -2.18. The minimum Gasteiger partial charge on any atom is -0.456 e. The summed E-state index contributed by atoms with van der Waals surface area (Å²) in [6.07, 6.45) is 3.17. The van der Waals surface area contributed by atoms with Crippen LogP contribution in [0.5, 0.6) is 11.5 Å². The molecular formula is C25H22N4O2. The SMILES string of the molecule is Cc1cc(/C=C/C#N)cc(C)c1Oc1cc(Nc2ccc(C#N)cc2)c(N)cc1CO. The quantitative estimate of drug-likeness (QED) is 0.374. The van der Waals surface area contributed by atoms with E-state index in [9.17, 15) is 5.11 Å². The standard InChI is InChI=1S/C25H22N4O2/c1-16-10-19(4-3-9-26)11-17(2)25(16)31-24-13-23(22(28)12-20(24)15-30)29-21-7-5-18(14-27)6-8-21/h3-8,10-13,29-30H,15,28H2,1-2H3/b4-3+. The summed E-state index contributed by atoms with van der Waals surface area (Å²) in [5, 5.41) is 30.7. The Balaban J connectivity index is 1.95. The molecule has 0 unspecified atom stereocenters. The lowest BCUT2D eigenvalue weighted by molar-refractivity contribution is 0.276. The normalized spacial score (nSPS) is 10.5. The Morgan fingerprint density at radius 2 is 1.74 bits per heavy atom. The van der Waals surface area contributed by atoms with Gasteiger partial charge in [0.1, 0.15) is 11.5 Å². The molecular weight excluding hydrogens is 388 g/mol. The summed E-state index contributed by atoms with van der Waals surface area (Å²) >= 11 is 0. The number of nitrogens with two attached hydrogens (primary N) is 1. The molecule has 0 amide bonds. The van der Waals surface area contributed by atoms with E-state index in [1.54, 1.807) is 42.5 Å². The number of benzene rings is 3. The zero-order valence-corrected chi connectivity index (χ0v) is 17.3. The van der Waals surface area contributed by atoms with Gasteiger partial charge in [-0.05, 0) is 79.1 Å². The molecule has 0 radical (unpaired) electrons. The topological polar surface area (TPSA) is 115 Å². The molecule has 4 N–H and O–H groups in total. The van der Waals surface area contributed by atoms with Crippen molar-refractivity contribution in [1.82, 2.24) is 0 Å². The molecule has 0 aliphatic rings. The molecule has 0 spiro atoms. The minimum atomic E-state index is -0.224. The molecule has 154 valence electrons. The molecule has 0 aromatic heterocycles. The summed E-state index contributed by atoms with van der Waals surface area (Å²) in [5.74, 6) is 1.16. The third-order valence-electron chi connectivity index (χ3n) is 4.74. The van der Waals surface area contributed by atoms with Gasteiger partial charge in [-0.15, -0.1) is 0 Å². The molecule has 3 aromatic rings. The number of aliphatic hydroxyl groups excluding tert-OH is 1. The number of rotatable bonds is 6. The minimum absolute atomic E-state index is 0.224. The largest absolute Gasteiger partial charge is 0.456 e. The molecule has 0 fully saturated rings. The van der Waals surface area contributed by atoms with E-state index in [4.69, 9.17) is 21.0 Å². The van der Waals surface area contributed by atoms with Crippen LogP contribution in [0.25, 0.3) is 6.08 Å². The highest BCUT2D eigenvalue weighted by Gasteiger charge is 2.13. The first-order valence-corrected chi connectivity index (χ1v) is 9.61. The van der Waals surface area contributed by atoms with Crippen molar-refractivity contribution in [2.75, 3.05) is 11.1 Å². The number of anilines is 3. The van der Waals surface area contributed by atoms with Gasteiger partial charge >= 0.3 is 0 Å². The van der Waals surface area contributed by atoms with Gasteiger partial charge in [0, 0.05) is 23.4 Å². The summed E-state index contributed by atoms with van der Waals surface area (Å²) in [7, 11) is 0. The molecule has 6 heteroatoms. The number of ether oxygens (including phenoxy) is 1. The summed E-state index contributed by atoms with van der Waals surface area (Å²) in [5.41, 5.74) is 11.9. The first kappa shape index (κ1) is 21.4. The fraction of sp³-hybridized carbons (Fsp3) is 0.120. The molecule has 0 aliphatic carbocycles. The zero-order valence-electron chi connectivity index (χ0n) is 17.3. The first-order chi connectivity index (χ1) is 14.9. The van der Waals surface area contributed by atoms with E-state index in [1.165, 1.54) is 6.08 Å². The summed E-state index contributed by atoms with van der Waals surface area (Å²) in [4.78, 5) is 0. The van der Waals surface area contributed by atoms with Crippen LogP contribution in [-0.4, -0.2) is 5.11 Å². The molecule has 0 bridgehead atoms. The van der Waals surface area contributed by atoms with Crippen LogP contribution < -0.4 is 15.8 Å². The Morgan fingerprint density at radius 1 is 1.06 bits per heavy atom. The van der Waals surface area contributed by atoms with E-state index in [0.29, 0.717) is 34.0 Å². The maximum absolute atomic E-state index is 9.81. The lowest BCUT2D eigenvalue weighted by atomic mass is 10.0. The number of aryl methyl sites for hydroxylation is 2. The highest BCUT2D eigenvalue weighted by Crippen LogP contribution is 2.37. The number of nitrogen functional groups attached to an aromatic ring is 1. The van der Waals surface area contributed by atoms with E-state index in [0.717, 1.165) is 22.4 Å². The molecule has 3 rings (SSSR count). The van der Waals surface area contributed by atoms with Crippen molar-refractivity contribution in [2.24, 2.45) is 0 Å². The van der Waals surface area contributed by atoms with Crippen molar-refractivity contribution >= 4 is 23.1 Å². The summed E-state index contributed by atoms with van der Waals surface area (Å²) in [6, 6.07) is 18.4. The van der Waals surface area contributed by atoms with E-state index in [1.807, 2.05) is 32.0 Å². The van der Waals surface area contributed by atoms with E-state index >= 15 is 0 Å².